The van der Waals surface area contributed by atoms with Crippen LogP contribution in [0.5, 0.6) is 0 Å². The molecule has 4 rings (SSSR count). The summed E-state index contributed by atoms with van der Waals surface area (Å²) in [4.78, 5) is 35.8. The highest BCUT2D eigenvalue weighted by atomic mass is 16.6. The molecule has 0 fully saturated rings. The van der Waals surface area contributed by atoms with Crippen LogP contribution in [0.15, 0.2) is 107 Å². The summed E-state index contributed by atoms with van der Waals surface area (Å²) in [6, 6.07) is 26.8. The number of nitrogens with zero attached hydrogens (tertiary/aromatic N) is 2. The Morgan fingerprint density at radius 2 is 1.67 bits per heavy atom. The predicted octanol–water partition coefficient (Wildman–Crippen LogP) is 4.87. The Morgan fingerprint density at radius 3 is 2.39 bits per heavy atom. The quantitative estimate of drug-likeness (QED) is 0.200. The normalized spacial score (nSPS) is 11.7. The summed E-state index contributed by atoms with van der Waals surface area (Å²) in [6.45, 7) is 0. The van der Waals surface area contributed by atoms with Gasteiger partial charge >= 0.3 is 0 Å². The molecule has 3 aromatic carbocycles. The highest BCUT2D eigenvalue weighted by molar-refractivity contribution is 5.94. The van der Waals surface area contributed by atoms with Crippen LogP contribution in [0.25, 0.3) is 11.3 Å². The SMILES string of the molecule is O=C(C[C@H](NC(=O)c1ccccc1)c1ccccc1)N/N=C\c1ccc(-c2cccc([N+](=O)[O-])c2)o1. The number of hydrogen-bond donors (Lipinski definition) is 2. The van der Waals surface area contributed by atoms with Crippen LogP contribution in [0.4, 0.5) is 5.69 Å². The summed E-state index contributed by atoms with van der Waals surface area (Å²) in [5.74, 6) is 0.0944. The summed E-state index contributed by atoms with van der Waals surface area (Å²) in [7, 11) is 0. The standard InChI is InChI=1S/C27H22N4O5/c32-26(17-24(19-8-3-1-4-9-19)29-27(33)20-10-5-2-6-11-20)30-28-18-23-14-15-25(36-23)21-12-7-13-22(16-21)31(34)35/h1-16,18,24H,17H2,(H,29,33)(H,30,32)/b28-18-/t24-/m0/s1. The number of carbonyl (C=O) groups is 2. The molecule has 0 saturated heterocycles. The van der Waals surface area contributed by atoms with E-state index in [4.69, 9.17) is 4.42 Å². The molecule has 4 aromatic rings. The minimum atomic E-state index is -0.557. The largest absolute Gasteiger partial charge is 0.455 e. The van der Waals surface area contributed by atoms with E-state index >= 15 is 0 Å². The number of nitro benzene ring substituents is 1. The molecule has 180 valence electrons. The van der Waals surface area contributed by atoms with Crippen molar-refractivity contribution in [1.29, 1.82) is 0 Å². The first-order valence-corrected chi connectivity index (χ1v) is 11.1. The lowest BCUT2D eigenvalue weighted by Gasteiger charge is -2.18. The van der Waals surface area contributed by atoms with E-state index < -0.39 is 16.9 Å². The highest BCUT2D eigenvalue weighted by Crippen LogP contribution is 2.25. The number of nitrogens with one attached hydrogen (secondary N) is 2. The molecule has 2 N–H and O–H groups in total. The number of rotatable bonds is 9. The van der Waals surface area contributed by atoms with E-state index in [0.29, 0.717) is 22.6 Å². The maximum Gasteiger partial charge on any atom is 0.270 e. The van der Waals surface area contributed by atoms with Crippen molar-refractivity contribution in [3.8, 4) is 11.3 Å². The minimum absolute atomic E-state index is 0.0307. The van der Waals surface area contributed by atoms with Gasteiger partial charge in [-0.05, 0) is 29.8 Å². The fraction of sp³-hybridized carbons (Fsp3) is 0.0741. The molecule has 0 spiro atoms. The van der Waals surface area contributed by atoms with Gasteiger partial charge in [0.1, 0.15) is 11.5 Å². The number of furan rings is 1. The molecule has 0 aliphatic heterocycles. The van der Waals surface area contributed by atoms with Gasteiger partial charge in [-0.3, -0.25) is 19.7 Å². The lowest BCUT2D eigenvalue weighted by Crippen LogP contribution is -2.32. The highest BCUT2D eigenvalue weighted by Gasteiger charge is 2.19. The monoisotopic (exact) mass is 482 g/mol. The maximum atomic E-state index is 12.7. The van der Waals surface area contributed by atoms with Crippen LogP contribution in [0.1, 0.15) is 34.1 Å². The third-order valence-electron chi connectivity index (χ3n) is 5.28. The molecular weight excluding hydrogens is 460 g/mol. The fourth-order valence-electron chi connectivity index (χ4n) is 3.52. The summed E-state index contributed by atoms with van der Waals surface area (Å²) < 4.78 is 5.66. The number of hydrogen-bond acceptors (Lipinski definition) is 6. The van der Waals surface area contributed by atoms with Gasteiger partial charge < -0.3 is 9.73 Å². The van der Waals surface area contributed by atoms with Gasteiger partial charge in [-0.25, -0.2) is 5.43 Å². The zero-order chi connectivity index (χ0) is 25.3. The van der Waals surface area contributed by atoms with Crippen LogP contribution in [0.2, 0.25) is 0 Å². The molecule has 0 aliphatic rings. The summed E-state index contributed by atoms with van der Waals surface area (Å²) in [5, 5.41) is 17.8. The van der Waals surface area contributed by atoms with Crippen molar-refractivity contribution in [2.45, 2.75) is 12.5 Å². The van der Waals surface area contributed by atoms with E-state index in [1.807, 2.05) is 36.4 Å². The lowest BCUT2D eigenvalue weighted by atomic mass is 10.0. The Morgan fingerprint density at radius 1 is 0.944 bits per heavy atom. The van der Waals surface area contributed by atoms with E-state index in [9.17, 15) is 19.7 Å². The third kappa shape index (κ3) is 6.29. The molecule has 0 bridgehead atoms. The molecule has 1 aromatic heterocycles. The van der Waals surface area contributed by atoms with Crippen LogP contribution in [-0.2, 0) is 4.79 Å². The van der Waals surface area contributed by atoms with Gasteiger partial charge in [-0.1, -0.05) is 60.7 Å². The summed E-state index contributed by atoms with van der Waals surface area (Å²) in [5.41, 5.74) is 4.23. The van der Waals surface area contributed by atoms with Crippen molar-refractivity contribution in [3.63, 3.8) is 0 Å². The Hall–Kier alpha value is -5.05. The van der Waals surface area contributed by atoms with Gasteiger partial charge in [0.15, 0.2) is 0 Å². The first-order valence-electron chi connectivity index (χ1n) is 11.1. The second-order valence-corrected chi connectivity index (χ2v) is 7.81. The third-order valence-corrected chi connectivity index (χ3v) is 5.28. The first-order chi connectivity index (χ1) is 17.5. The molecular formula is C27H22N4O5. The zero-order valence-electron chi connectivity index (χ0n) is 19.0. The van der Waals surface area contributed by atoms with Crippen molar-refractivity contribution >= 4 is 23.7 Å². The number of non-ortho nitro benzene ring substituents is 1. The topological polar surface area (TPSA) is 127 Å². The molecule has 9 heteroatoms. The van der Waals surface area contributed by atoms with Crippen LogP contribution in [-0.4, -0.2) is 23.0 Å². The smallest absolute Gasteiger partial charge is 0.270 e. The number of amides is 2. The Labute approximate surface area is 206 Å². The van der Waals surface area contributed by atoms with Gasteiger partial charge in [-0.2, -0.15) is 5.10 Å². The number of nitro groups is 1. The van der Waals surface area contributed by atoms with E-state index in [-0.39, 0.29) is 18.0 Å². The van der Waals surface area contributed by atoms with Gasteiger partial charge in [-0.15, -0.1) is 0 Å². The van der Waals surface area contributed by atoms with E-state index in [1.54, 1.807) is 48.5 Å². The molecule has 36 heavy (non-hydrogen) atoms. The predicted molar refractivity (Wildman–Crippen MR) is 134 cm³/mol. The van der Waals surface area contributed by atoms with Gasteiger partial charge in [0.25, 0.3) is 11.6 Å². The van der Waals surface area contributed by atoms with Crippen molar-refractivity contribution in [3.05, 3.63) is 124 Å². The Bertz CT molecular complexity index is 1380. The number of benzene rings is 3. The number of carbonyl (C=O) groups excluding carboxylic acids is 2. The van der Waals surface area contributed by atoms with Crippen LogP contribution >= 0.6 is 0 Å². The fourth-order valence-corrected chi connectivity index (χ4v) is 3.52. The molecule has 1 heterocycles. The summed E-state index contributed by atoms with van der Waals surface area (Å²) in [6.07, 6.45) is 1.30. The van der Waals surface area contributed by atoms with Crippen LogP contribution in [0, 0.1) is 10.1 Å². The van der Waals surface area contributed by atoms with Crippen molar-refractivity contribution in [1.82, 2.24) is 10.7 Å². The van der Waals surface area contributed by atoms with Crippen LogP contribution < -0.4 is 10.7 Å². The first kappa shape index (κ1) is 24.1. The number of hydrazone groups is 1. The molecule has 9 nitrogen and oxygen atoms in total. The minimum Gasteiger partial charge on any atom is -0.455 e. The molecule has 0 radical (unpaired) electrons. The van der Waals surface area contributed by atoms with Gasteiger partial charge in [0.2, 0.25) is 5.91 Å². The molecule has 1 atom stereocenters. The van der Waals surface area contributed by atoms with Crippen molar-refractivity contribution in [2.75, 3.05) is 0 Å². The molecule has 0 saturated carbocycles. The maximum absolute atomic E-state index is 12.7. The zero-order valence-corrected chi connectivity index (χ0v) is 19.0. The second-order valence-electron chi connectivity index (χ2n) is 7.81. The molecule has 0 unspecified atom stereocenters. The lowest BCUT2D eigenvalue weighted by molar-refractivity contribution is -0.384. The average molecular weight is 482 g/mol. The summed E-state index contributed by atoms with van der Waals surface area (Å²) >= 11 is 0. The van der Waals surface area contributed by atoms with Gasteiger partial charge in [0, 0.05) is 23.3 Å². The molecule has 2 amide bonds. The van der Waals surface area contributed by atoms with E-state index in [2.05, 4.69) is 15.8 Å². The van der Waals surface area contributed by atoms with Crippen LogP contribution in [0.3, 0.4) is 0 Å². The van der Waals surface area contributed by atoms with Crippen molar-refractivity contribution < 1.29 is 18.9 Å². The Balaban J connectivity index is 1.39. The van der Waals surface area contributed by atoms with E-state index in [0.717, 1.165) is 5.56 Å². The van der Waals surface area contributed by atoms with E-state index in [1.165, 1.54) is 18.3 Å². The van der Waals surface area contributed by atoms with Gasteiger partial charge in [0.05, 0.1) is 23.6 Å². The average Bonchev–Trinajstić information content (AvgIpc) is 3.38. The Kier molecular flexibility index (Phi) is 7.62. The molecule has 0 aliphatic carbocycles. The second kappa shape index (κ2) is 11.4. The van der Waals surface area contributed by atoms with Crippen molar-refractivity contribution in [2.24, 2.45) is 5.10 Å².